The molecule has 3 N–H and O–H groups in total. The number of nitrogens with one attached hydrogen (secondary N) is 1. The lowest BCUT2D eigenvalue weighted by molar-refractivity contribution is -0.121. The largest absolute Gasteiger partial charge is 0.491 e. The van der Waals surface area contributed by atoms with E-state index >= 15 is 0 Å². The Hall–Kier alpha value is -3.55. The minimum atomic E-state index is -0.0807. The minimum Gasteiger partial charge on any atom is -0.491 e. The first-order chi connectivity index (χ1) is 15.8. The number of amides is 2. The quantitative estimate of drug-likeness (QED) is 0.541. The standard InChI is InChI=1S/C25H33N5O3/c1-18(2)15-27-22(31)17-30-16-19-9-7-12-21(24(19)28-25(30)26)33-14-8-13-23(32)29(3)20-10-5-4-6-11-20/h4-7,9-12,18H,8,13-17H2,1-3H3,(H2,26,28)(H,27,31). The van der Waals surface area contributed by atoms with Gasteiger partial charge in [-0.15, -0.1) is 0 Å². The Morgan fingerprint density at radius 3 is 2.67 bits per heavy atom. The molecule has 0 atom stereocenters. The summed E-state index contributed by atoms with van der Waals surface area (Å²) in [5, 5.41) is 2.90. The summed E-state index contributed by atoms with van der Waals surface area (Å²) >= 11 is 0. The summed E-state index contributed by atoms with van der Waals surface area (Å²) in [5.74, 6) is 1.26. The van der Waals surface area contributed by atoms with Gasteiger partial charge in [-0.05, 0) is 30.5 Å². The van der Waals surface area contributed by atoms with Gasteiger partial charge in [0.25, 0.3) is 0 Å². The van der Waals surface area contributed by atoms with Crippen molar-refractivity contribution < 1.29 is 14.3 Å². The van der Waals surface area contributed by atoms with Crippen molar-refractivity contribution in [1.82, 2.24) is 10.2 Å². The number of nitrogens with zero attached hydrogens (tertiary/aromatic N) is 3. The van der Waals surface area contributed by atoms with Crippen LogP contribution in [0, 0.1) is 5.92 Å². The van der Waals surface area contributed by atoms with Gasteiger partial charge in [0.05, 0.1) is 13.2 Å². The maximum atomic E-state index is 12.4. The summed E-state index contributed by atoms with van der Waals surface area (Å²) in [6, 6.07) is 15.3. The lowest BCUT2D eigenvalue weighted by atomic mass is 10.1. The molecule has 0 aromatic heterocycles. The molecular formula is C25H33N5O3. The molecule has 33 heavy (non-hydrogen) atoms. The van der Waals surface area contributed by atoms with E-state index in [-0.39, 0.29) is 24.3 Å². The Balaban J connectivity index is 1.53. The fourth-order valence-electron chi connectivity index (χ4n) is 3.46. The van der Waals surface area contributed by atoms with E-state index in [1.807, 2.05) is 62.4 Å². The van der Waals surface area contributed by atoms with E-state index in [1.165, 1.54) is 0 Å². The van der Waals surface area contributed by atoms with E-state index in [0.29, 0.717) is 49.9 Å². The molecule has 1 aliphatic heterocycles. The second-order valence-electron chi connectivity index (χ2n) is 8.53. The average molecular weight is 452 g/mol. The Morgan fingerprint density at radius 1 is 1.18 bits per heavy atom. The van der Waals surface area contributed by atoms with Crippen molar-refractivity contribution in [2.24, 2.45) is 16.6 Å². The molecule has 2 aromatic carbocycles. The molecular weight excluding hydrogens is 418 g/mol. The van der Waals surface area contributed by atoms with E-state index in [4.69, 9.17) is 10.5 Å². The molecule has 3 rings (SSSR count). The van der Waals surface area contributed by atoms with Gasteiger partial charge < -0.3 is 25.6 Å². The van der Waals surface area contributed by atoms with Crippen molar-refractivity contribution in [2.45, 2.75) is 33.2 Å². The molecule has 8 nitrogen and oxygen atoms in total. The van der Waals surface area contributed by atoms with E-state index < -0.39 is 0 Å². The molecule has 2 aromatic rings. The van der Waals surface area contributed by atoms with Crippen LogP contribution in [-0.4, -0.2) is 49.4 Å². The number of hydrogen-bond donors (Lipinski definition) is 2. The third-order valence-corrected chi connectivity index (χ3v) is 5.35. The van der Waals surface area contributed by atoms with Crippen LogP contribution in [0.5, 0.6) is 5.75 Å². The summed E-state index contributed by atoms with van der Waals surface area (Å²) in [7, 11) is 1.78. The van der Waals surface area contributed by atoms with Crippen LogP contribution < -0.4 is 20.7 Å². The Labute approximate surface area is 195 Å². The zero-order chi connectivity index (χ0) is 23.8. The second kappa shape index (κ2) is 11.4. The number of ether oxygens (including phenoxy) is 1. The first-order valence-corrected chi connectivity index (χ1v) is 11.3. The lowest BCUT2D eigenvalue weighted by Gasteiger charge is -2.28. The zero-order valence-corrected chi connectivity index (χ0v) is 19.6. The fraction of sp³-hybridized carbons (Fsp3) is 0.400. The van der Waals surface area contributed by atoms with Gasteiger partial charge in [-0.1, -0.05) is 44.2 Å². The number of carbonyl (C=O) groups excluding carboxylic acids is 2. The van der Waals surface area contributed by atoms with Gasteiger partial charge in [-0.3, -0.25) is 9.59 Å². The molecule has 0 unspecified atom stereocenters. The monoisotopic (exact) mass is 451 g/mol. The van der Waals surface area contributed by atoms with Gasteiger partial charge in [-0.25, -0.2) is 4.99 Å². The molecule has 0 fully saturated rings. The maximum Gasteiger partial charge on any atom is 0.239 e. The number of hydrogen-bond acceptors (Lipinski definition) is 6. The van der Waals surface area contributed by atoms with Crippen molar-refractivity contribution in [1.29, 1.82) is 0 Å². The van der Waals surface area contributed by atoms with E-state index in [1.54, 1.807) is 16.8 Å². The number of para-hydroxylation sites is 2. The van der Waals surface area contributed by atoms with Crippen molar-refractivity contribution in [2.75, 3.05) is 31.6 Å². The van der Waals surface area contributed by atoms with Crippen LogP contribution in [0.3, 0.4) is 0 Å². The molecule has 0 bridgehead atoms. The highest BCUT2D eigenvalue weighted by Crippen LogP contribution is 2.35. The molecule has 0 saturated heterocycles. The van der Waals surface area contributed by atoms with Crippen LogP contribution in [0.25, 0.3) is 0 Å². The van der Waals surface area contributed by atoms with Crippen LogP contribution in [0.4, 0.5) is 11.4 Å². The molecule has 0 saturated carbocycles. The summed E-state index contributed by atoms with van der Waals surface area (Å²) in [6.07, 6.45) is 0.964. The first kappa shape index (κ1) is 24.1. The Bertz CT molecular complexity index is 991. The number of fused-ring (bicyclic) bond motifs is 1. The van der Waals surface area contributed by atoms with E-state index in [9.17, 15) is 9.59 Å². The van der Waals surface area contributed by atoms with Gasteiger partial charge in [0, 0.05) is 37.8 Å². The SMILES string of the molecule is CC(C)CNC(=O)CN1Cc2cccc(OCCCC(=O)N(C)c3ccccc3)c2N=C1N. The van der Waals surface area contributed by atoms with Crippen molar-refractivity contribution in [3.8, 4) is 5.75 Å². The third-order valence-electron chi connectivity index (χ3n) is 5.35. The molecule has 2 amide bonds. The first-order valence-electron chi connectivity index (χ1n) is 11.3. The summed E-state index contributed by atoms with van der Waals surface area (Å²) in [4.78, 5) is 32.5. The molecule has 0 radical (unpaired) electrons. The predicted octanol–water partition coefficient (Wildman–Crippen LogP) is 3.04. The number of nitrogens with two attached hydrogens (primary N) is 1. The van der Waals surface area contributed by atoms with Crippen molar-refractivity contribution in [3.63, 3.8) is 0 Å². The number of benzene rings is 2. The zero-order valence-electron chi connectivity index (χ0n) is 19.6. The highest BCUT2D eigenvalue weighted by molar-refractivity contribution is 5.92. The van der Waals surface area contributed by atoms with Crippen LogP contribution in [0.15, 0.2) is 53.5 Å². The van der Waals surface area contributed by atoms with Gasteiger partial charge in [0.1, 0.15) is 11.4 Å². The average Bonchev–Trinajstić information content (AvgIpc) is 2.81. The van der Waals surface area contributed by atoms with E-state index in [0.717, 1.165) is 11.3 Å². The Kier molecular flexibility index (Phi) is 8.29. The lowest BCUT2D eigenvalue weighted by Crippen LogP contribution is -2.45. The number of carbonyl (C=O) groups is 2. The second-order valence-corrected chi connectivity index (χ2v) is 8.53. The smallest absolute Gasteiger partial charge is 0.239 e. The van der Waals surface area contributed by atoms with Gasteiger partial charge in [0.15, 0.2) is 5.96 Å². The number of guanidine groups is 1. The number of aliphatic imine (C=N–C) groups is 1. The normalized spacial score (nSPS) is 12.7. The summed E-state index contributed by atoms with van der Waals surface area (Å²) < 4.78 is 5.94. The molecule has 0 aliphatic carbocycles. The molecule has 0 spiro atoms. The van der Waals surface area contributed by atoms with Crippen LogP contribution in [0.1, 0.15) is 32.3 Å². The van der Waals surface area contributed by atoms with Crippen molar-refractivity contribution >= 4 is 29.1 Å². The van der Waals surface area contributed by atoms with Crippen LogP contribution >= 0.6 is 0 Å². The number of rotatable bonds is 10. The molecule has 176 valence electrons. The van der Waals surface area contributed by atoms with Crippen LogP contribution in [-0.2, 0) is 16.1 Å². The fourth-order valence-corrected chi connectivity index (χ4v) is 3.46. The minimum absolute atomic E-state index is 0.0357. The van der Waals surface area contributed by atoms with E-state index in [2.05, 4.69) is 10.3 Å². The summed E-state index contributed by atoms with van der Waals surface area (Å²) in [6.45, 7) is 5.75. The third kappa shape index (κ3) is 6.71. The van der Waals surface area contributed by atoms with Crippen molar-refractivity contribution in [3.05, 3.63) is 54.1 Å². The van der Waals surface area contributed by atoms with Gasteiger partial charge in [0.2, 0.25) is 11.8 Å². The number of anilines is 1. The molecule has 1 heterocycles. The topological polar surface area (TPSA) is 100 Å². The molecule has 1 aliphatic rings. The predicted molar refractivity (Wildman–Crippen MR) is 131 cm³/mol. The van der Waals surface area contributed by atoms with Gasteiger partial charge in [-0.2, -0.15) is 0 Å². The Morgan fingerprint density at radius 2 is 1.94 bits per heavy atom. The maximum absolute atomic E-state index is 12.4. The molecule has 8 heteroatoms. The highest BCUT2D eigenvalue weighted by Gasteiger charge is 2.22. The van der Waals surface area contributed by atoms with Crippen LogP contribution in [0.2, 0.25) is 0 Å². The highest BCUT2D eigenvalue weighted by atomic mass is 16.5. The van der Waals surface area contributed by atoms with Gasteiger partial charge >= 0.3 is 0 Å². The summed E-state index contributed by atoms with van der Waals surface area (Å²) in [5.41, 5.74) is 8.63.